The fourth-order valence-electron chi connectivity index (χ4n) is 3.46. The van der Waals surface area contributed by atoms with Crippen LogP contribution in [0.1, 0.15) is 41.6 Å². The summed E-state index contributed by atoms with van der Waals surface area (Å²) in [5.74, 6) is 0.356. The van der Waals surface area contributed by atoms with E-state index in [4.69, 9.17) is 0 Å². The lowest BCUT2D eigenvalue weighted by molar-refractivity contribution is 0.0993. The topological polar surface area (TPSA) is 55.2 Å². The first-order valence-corrected chi connectivity index (χ1v) is 8.95. The molecule has 1 amide bonds. The minimum absolute atomic E-state index is 0.0356. The van der Waals surface area contributed by atoms with Crippen molar-refractivity contribution in [1.29, 1.82) is 0 Å². The molecule has 2 aromatic heterocycles. The van der Waals surface area contributed by atoms with Crippen molar-refractivity contribution in [3.63, 3.8) is 0 Å². The molecule has 26 heavy (non-hydrogen) atoms. The molecule has 0 radical (unpaired) electrons. The minimum Gasteiger partial charge on any atom is -0.310 e. The van der Waals surface area contributed by atoms with Gasteiger partial charge < -0.3 is 9.47 Å². The van der Waals surface area contributed by atoms with E-state index in [-0.39, 0.29) is 11.5 Å². The van der Waals surface area contributed by atoms with Crippen LogP contribution >= 0.6 is 0 Å². The van der Waals surface area contributed by atoms with Crippen LogP contribution in [0.2, 0.25) is 0 Å². The van der Waals surface area contributed by atoms with E-state index >= 15 is 0 Å². The van der Waals surface area contributed by atoms with Gasteiger partial charge in [0, 0.05) is 36.8 Å². The van der Waals surface area contributed by atoms with Gasteiger partial charge in [-0.2, -0.15) is 0 Å². The SMILES string of the molecule is CCn1c(=O)cc(C2CC2)c2cc(C(=O)N(C)c3cccnc3)ccc21. The first kappa shape index (κ1) is 16.5. The standard InChI is InChI=1S/C21H21N3O2/c1-3-24-19-9-8-15(21(26)23(2)16-5-4-10-22-13-16)11-18(19)17(12-20(24)25)14-6-7-14/h4-5,8-14H,3,6-7H2,1-2H3. The second kappa shape index (κ2) is 6.41. The third-order valence-electron chi connectivity index (χ3n) is 5.06. The molecular weight excluding hydrogens is 326 g/mol. The second-order valence-corrected chi connectivity index (χ2v) is 6.76. The molecule has 5 heteroatoms. The first-order chi connectivity index (χ1) is 12.6. The lowest BCUT2D eigenvalue weighted by Crippen LogP contribution is -2.26. The summed E-state index contributed by atoms with van der Waals surface area (Å²) in [5.41, 5.74) is 3.38. The molecule has 1 aromatic carbocycles. The van der Waals surface area contributed by atoms with Gasteiger partial charge in [0.25, 0.3) is 11.5 Å². The fourth-order valence-corrected chi connectivity index (χ4v) is 3.46. The van der Waals surface area contributed by atoms with Crippen LogP contribution in [-0.2, 0) is 6.54 Å². The Balaban J connectivity index is 1.82. The van der Waals surface area contributed by atoms with Gasteiger partial charge in [-0.3, -0.25) is 14.6 Å². The Morgan fingerprint density at radius 3 is 2.73 bits per heavy atom. The number of fused-ring (bicyclic) bond motifs is 1. The summed E-state index contributed by atoms with van der Waals surface area (Å²) < 4.78 is 1.76. The number of pyridine rings is 2. The zero-order chi connectivity index (χ0) is 18.3. The smallest absolute Gasteiger partial charge is 0.258 e. The molecule has 1 aliphatic rings. The lowest BCUT2D eigenvalue weighted by Gasteiger charge is -2.18. The van der Waals surface area contributed by atoms with Gasteiger partial charge in [-0.05, 0) is 61.6 Å². The van der Waals surface area contributed by atoms with Crippen LogP contribution in [0.25, 0.3) is 10.9 Å². The number of hydrogen-bond donors (Lipinski definition) is 0. The molecule has 4 rings (SSSR count). The molecule has 1 saturated carbocycles. The molecule has 0 spiro atoms. The molecule has 0 N–H and O–H groups in total. The Kier molecular flexibility index (Phi) is 4.07. The Labute approximate surface area is 151 Å². The first-order valence-electron chi connectivity index (χ1n) is 8.95. The van der Waals surface area contributed by atoms with Gasteiger partial charge in [-0.25, -0.2) is 0 Å². The summed E-state index contributed by atoms with van der Waals surface area (Å²) in [4.78, 5) is 31.0. The van der Waals surface area contributed by atoms with Crippen LogP contribution < -0.4 is 10.5 Å². The van der Waals surface area contributed by atoms with Gasteiger partial charge >= 0.3 is 0 Å². The second-order valence-electron chi connectivity index (χ2n) is 6.76. The Morgan fingerprint density at radius 2 is 2.08 bits per heavy atom. The van der Waals surface area contributed by atoms with Crippen LogP contribution in [0.5, 0.6) is 0 Å². The van der Waals surface area contributed by atoms with Gasteiger partial charge in [0.1, 0.15) is 0 Å². The predicted molar refractivity (Wildman–Crippen MR) is 103 cm³/mol. The van der Waals surface area contributed by atoms with E-state index < -0.39 is 0 Å². The van der Waals surface area contributed by atoms with E-state index in [1.165, 1.54) is 0 Å². The highest BCUT2D eigenvalue weighted by Crippen LogP contribution is 2.42. The summed E-state index contributed by atoms with van der Waals surface area (Å²) >= 11 is 0. The summed E-state index contributed by atoms with van der Waals surface area (Å²) in [6, 6.07) is 11.1. The van der Waals surface area contributed by atoms with Gasteiger partial charge in [0.2, 0.25) is 0 Å². The average Bonchev–Trinajstić information content (AvgIpc) is 3.52. The van der Waals surface area contributed by atoms with Crippen LogP contribution in [0.15, 0.2) is 53.6 Å². The number of aryl methyl sites for hydroxylation is 1. The minimum atomic E-state index is -0.0871. The molecule has 1 aliphatic carbocycles. The summed E-state index contributed by atoms with van der Waals surface area (Å²) in [5, 5.41) is 1.01. The zero-order valence-electron chi connectivity index (χ0n) is 15.0. The average molecular weight is 347 g/mol. The molecule has 0 unspecified atom stereocenters. The molecule has 1 fully saturated rings. The van der Waals surface area contributed by atoms with Gasteiger partial charge in [0.15, 0.2) is 0 Å². The molecular formula is C21H21N3O2. The quantitative estimate of drug-likeness (QED) is 0.725. The maximum atomic E-state index is 12.9. The number of hydrogen-bond acceptors (Lipinski definition) is 3. The molecule has 0 aliphatic heterocycles. The number of rotatable bonds is 4. The number of carbonyl (C=O) groups is 1. The van der Waals surface area contributed by atoms with Crippen molar-refractivity contribution in [2.45, 2.75) is 32.2 Å². The third kappa shape index (κ3) is 2.79. The van der Waals surface area contributed by atoms with E-state index in [1.54, 1.807) is 41.0 Å². The molecule has 0 bridgehead atoms. The largest absolute Gasteiger partial charge is 0.310 e. The molecule has 0 atom stereocenters. The van der Waals surface area contributed by atoms with E-state index in [0.29, 0.717) is 18.0 Å². The van der Waals surface area contributed by atoms with Crippen molar-refractivity contribution in [2.24, 2.45) is 0 Å². The molecule has 132 valence electrons. The summed E-state index contributed by atoms with van der Waals surface area (Å²) in [6.07, 6.45) is 5.57. The Morgan fingerprint density at radius 1 is 1.27 bits per heavy atom. The van der Waals surface area contributed by atoms with Crippen LogP contribution in [0.3, 0.4) is 0 Å². The van der Waals surface area contributed by atoms with E-state index in [9.17, 15) is 9.59 Å². The van der Waals surface area contributed by atoms with Crippen LogP contribution in [0, 0.1) is 0 Å². The maximum absolute atomic E-state index is 12.9. The van der Waals surface area contributed by atoms with E-state index in [2.05, 4.69) is 4.98 Å². The van der Waals surface area contributed by atoms with Gasteiger partial charge in [-0.15, -0.1) is 0 Å². The number of carbonyl (C=O) groups excluding carboxylic acids is 1. The van der Waals surface area contributed by atoms with Crippen molar-refractivity contribution in [1.82, 2.24) is 9.55 Å². The normalized spacial score (nSPS) is 13.8. The predicted octanol–water partition coefficient (Wildman–Crippen LogP) is 3.57. The van der Waals surface area contributed by atoms with Crippen molar-refractivity contribution >= 4 is 22.5 Å². The van der Waals surface area contributed by atoms with Gasteiger partial charge in [0.05, 0.1) is 17.4 Å². The van der Waals surface area contributed by atoms with Crippen LogP contribution in [0.4, 0.5) is 5.69 Å². The van der Waals surface area contributed by atoms with Crippen molar-refractivity contribution in [2.75, 3.05) is 11.9 Å². The lowest BCUT2D eigenvalue weighted by atomic mass is 10.0. The van der Waals surface area contributed by atoms with E-state index in [1.807, 2.05) is 31.2 Å². The highest BCUT2D eigenvalue weighted by molar-refractivity contribution is 6.07. The number of aromatic nitrogens is 2. The van der Waals surface area contributed by atoms with E-state index in [0.717, 1.165) is 35.0 Å². The van der Waals surface area contributed by atoms with Crippen LogP contribution in [-0.4, -0.2) is 22.5 Å². The van der Waals surface area contributed by atoms with Gasteiger partial charge in [-0.1, -0.05) is 0 Å². The Hall–Kier alpha value is -2.95. The highest BCUT2D eigenvalue weighted by Gasteiger charge is 2.27. The zero-order valence-corrected chi connectivity index (χ0v) is 15.0. The molecule has 0 saturated heterocycles. The number of benzene rings is 1. The number of anilines is 1. The van der Waals surface area contributed by atoms with Crippen molar-refractivity contribution in [3.05, 3.63) is 70.3 Å². The molecule has 2 heterocycles. The monoisotopic (exact) mass is 347 g/mol. The third-order valence-corrected chi connectivity index (χ3v) is 5.06. The summed E-state index contributed by atoms with van der Waals surface area (Å²) in [7, 11) is 1.75. The van der Waals surface area contributed by atoms with Crippen molar-refractivity contribution in [3.8, 4) is 0 Å². The number of amides is 1. The maximum Gasteiger partial charge on any atom is 0.258 e. The number of nitrogens with zero attached hydrogens (tertiary/aromatic N) is 3. The molecule has 3 aromatic rings. The van der Waals surface area contributed by atoms with Crippen molar-refractivity contribution < 1.29 is 4.79 Å². The Bertz CT molecular complexity index is 1040. The fraction of sp³-hybridized carbons (Fsp3) is 0.286. The highest BCUT2D eigenvalue weighted by atomic mass is 16.2. The summed E-state index contributed by atoms with van der Waals surface area (Å²) in [6.45, 7) is 2.58. The molecule has 5 nitrogen and oxygen atoms in total.